The van der Waals surface area contributed by atoms with Crippen molar-refractivity contribution < 1.29 is 4.39 Å². The molecule has 1 heterocycles. The number of hydrogen-bond donors (Lipinski definition) is 1. The third-order valence-corrected chi connectivity index (χ3v) is 3.45. The fourth-order valence-electron chi connectivity index (χ4n) is 2.37. The van der Waals surface area contributed by atoms with Crippen molar-refractivity contribution in [2.24, 2.45) is 0 Å². The zero-order chi connectivity index (χ0) is 14.5. The van der Waals surface area contributed by atoms with Crippen LogP contribution in [-0.4, -0.2) is 11.5 Å². The molecule has 106 valence electrons. The van der Waals surface area contributed by atoms with Crippen molar-refractivity contribution >= 4 is 0 Å². The molecule has 0 amide bonds. The minimum Gasteiger partial charge on any atom is -0.309 e. The Bertz CT molecular complexity index is 581. The molecular formula is C17H21FN2. The van der Waals surface area contributed by atoms with Crippen LogP contribution in [0, 0.1) is 19.7 Å². The Morgan fingerprint density at radius 2 is 2.00 bits per heavy atom. The highest BCUT2D eigenvalue weighted by molar-refractivity contribution is 5.29. The number of nitrogens with one attached hydrogen (secondary N) is 1. The molecule has 2 rings (SSSR count). The van der Waals surface area contributed by atoms with Crippen LogP contribution in [0.3, 0.4) is 0 Å². The minimum atomic E-state index is -0.182. The Labute approximate surface area is 120 Å². The Kier molecular flexibility index (Phi) is 4.85. The summed E-state index contributed by atoms with van der Waals surface area (Å²) in [6, 6.07) is 11.1. The molecule has 1 unspecified atom stereocenters. The molecule has 0 bridgehead atoms. The van der Waals surface area contributed by atoms with Crippen LogP contribution in [0.1, 0.15) is 35.5 Å². The smallest absolute Gasteiger partial charge is 0.123 e. The molecule has 2 aromatic rings. The summed E-state index contributed by atoms with van der Waals surface area (Å²) in [6.45, 7) is 6.93. The number of halogens is 1. The van der Waals surface area contributed by atoms with Gasteiger partial charge in [0.15, 0.2) is 0 Å². The van der Waals surface area contributed by atoms with Crippen molar-refractivity contribution in [3.05, 3.63) is 64.7 Å². The van der Waals surface area contributed by atoms with Gasteiger partial charge in [0.1, 0.15) is 5.82 Å². The van der Waals surface area contributed by atoms with Gasteiger partial charge < -0.3 is 5.32 Å². The van der Waals surface area contributed by atoms with Gasteiger partial charge in [-0.3, -0.25) is 4.98 Å². The van der Waals surface area contributed by atoms with Crippen LogP contribution in [0.2, 0.25) is 0 Å². The third-order valence-electron chi connectivity index (χ3n) is 3.45. The highest BCUT2D eigenvalue weighted by Crippen LogP contribution is 2.20. The van der Waals surface area contributed by atoms with Gasteiger partial charge in [0.25, 0.3) is 0 Å². The van der Waals surface area contributed by atoms with Crippen molar-refractivity contribution in [2.75, 3.05) is 6.54 Å². The molecule has 0 aliphatic carbocycles. The number of aryl methyl sites for hydroxylation is 2. The second-order valence-electron chi connectivity index (χ2n) is 5.09. The van der Waals surface area contributed by atoms with E-state index in [9.17, 15) is 4.39 Å². The molecule has 3 heteroatoms. The maximum absolute atomic E-state index is 13.4. The lowest BCUT2D eigenvalue weighted by Crippen LogP contribution is -2.24. The summed E-state index contributed by atoms with van der Waals surface area (Å²) in [5.41, 5.74) is 4.15. The summed E-state index contributed by atoms with van der Waals surface area (Å²) in [5, 5.41) is 3.44. The SMILES string of the molecule is CCNC(Cc1cc(F)ccc1C)c1cccc(C)n1. The molecule has 0 aliphatic rings. The number of aromatic nitrogens is 1. The number of hydrogen-bond acceptors (Lipinski definition) is 2. The Balaban J connectivity index is 2.27. The van der Waals surface area contributed by atoms with E-state index in [4.69, 9.17) is 0 Å². The first-order valence-electron chi connectivity index (χ1n) is 7.02. The molecule has 0 fully saturated rings. The lowest BCUT2D eigenvalue weighted by Gasteiger charge is -2.19. The topological polar surface area (TPSA) is 24.9 Å². The summed E-state index contributed by atoms with van der Waals surface area (Å²) in [5.74, 6) is -0.182. The quantitative estimate of drug-likeness (QED) is 0.897. The van der Waals surface area contributed by atoms with E-state index in [-0.39, 0.29) is 11.9 Å². The number of likely N-dealkylation sites (N-methyl/N-ethyl adjacent to an activating group) is 1. The maximum atomic E-state index is 13.4. The van der Waals surface area contributed by atoms with E-state index in [1.54, 1.807) is 6.07 Å². The van der Waals surface area contributed by atoms with Gasteiger partial charge in [-0.1, -0.05) is 19.1 Å². The maximum Gasteiger partial charge on any atom is 0.123 e. The van der Waals surface area contributed by atoms with Gasteiger partial charge in [0, 0.05) is 5.69 Å². The number of nitrogens with zero attached hydrogens (tertiary/aromatic N) is 1. The van der Waals surface area contributed by atoms with E-state index in [1.165, 1.54) is 6.07 Å². The van der Waals surface area contributed by atoms with Gasteiger partial charge in [-0.15, -0.1) is 0 Å². The highest BCUT2D eigenvalue weighted by atomic mass is 19.1. The van der Waals surface area contributed by atoms with E-state index in [0.29, 0.717) is 0 Å². The van der Waals surface area contributed by atoms with E-state index in [1.807, 2.05) is 38.1 Å². The molecule has 0 saturated carbocycles. The van der Waals surface area contributed by atoms with Crippen molar-refractivity contribution in [1.29, 1.82) is 0 Å². The first-order valence-corrected chi connectivity index (χ1v) is 7.02. The molecule has 20 heavy (non-hydrogen) atoms. The normalized spacial score (nSPS) is 12.4. The number of benzene rings is 1. The van der Waals surface area contributed by atoms with Gasteiger partial charge in [-0.25, -0.2) is 4.39 Å². The summed E-state index contributed by atoms with van der Waals surface area (Å²) in [7, 11) is 0. The second kappa shape index (κ2) is 6.62. The molecule has 2 nitrogen and oxygen atoms in total. The van der Waals surface area contributed by atoms with E-state index in [0.717, 1.165) is 35.5 Å². The van der Waals surface area contributed by atoms with Crippen molar-refractivity contribution in [2.45, 2.75) is 33.2 Å². The van der Waals surface area contributed by atoms with E-state index < -0.39 is 0 Å². The van der Waals surface area contributed by atoms with Gasteiger partial charge in [0.05, 0.1) is 11.7 Å². The van der Waals surface area contributed by atoms with Crippen molar-refractivity contribution in [3.8, 4) is 0 Å². The standard InChI is InChI=1S/C17H21FN2/c1-4-19-17(16-7-5-6-13(3)20-16)11-14-10-15(18)9-8-12(14)2/h5-10,17,19H,4,11H2,1-3H3. The predicted octanol–water partition coefficient (Wildman–Crippen LogP) is 3.73. The molecule has 0 aliphatic heterocycles. The number of pyridine rings is 1. The van der Waals surface area contributed by atoms with Gasteiger partial charge in [-0.2, -0.15) is 0 Å². The lowest BCUT2D eigenvalue weighted by molar-refractivity contribution is 0.532. The van der Waals surface area contributed by atoms with Gasteiger partial charge in [0.2, 0.25) is 0 Å². The van der Waals surface area contributed by atoms with Crippen LogP contribution in [0.15, 0.2) is 36.4 Å². The first-order chi connectivity index (χ1) is 9.60. The van der Waals surface area contributed by atoms with Crippen LogP contribution in [0.4, 0.5) is 4.39 Å². The fourth-order valence-corrected chi connectivity index (χ4v) is 2.37. The zero-order valence-electron chi connectivity index (χ0n) is 12.3. The second-order valence-corrected chi connectivity index (χ2v) is 5.09. The molecule has 1 atom stereocenters. The predicted molar refractivity (Wildman–Crippen MR) is 80.2 cm³/mol. The largest absolute Gasteiger partial charge is 0.309 e. The molecule has 1 N–H and O–H groups in total. The Morgan fingerprint density at radius 1 is 1.20 bits per heavy atom. The number of rotatable bonds is 5. The minimum absolute atomic E-state index is 0.111. The average Bonchev–Trinajstić information content (AvgIpc) is 2.42. The molecule has 0 radical (unpaired) electrons. The van der Waals surface area contributed by atoms with Gasteiger partial charge in [-0.05, 0) is 62.2 Å². The lowest BCUT2D eigenvalue weighted by atomic mass is 9.98. The van der Waals surface area contributed by atoms with Crippen molar-refractivity contribution in [1.82, 2.24) is 10.3 Å². The van der Waals surface area contributed by atoms with Crippen LogP contribution in [0.5, 0.6) is 0 Å². The van der Waals surface area contributed by atoms with Crippen molar-refractivity contribution in [3.63, 3.8) is 0 Å². The first kappa shape index (κ1) is 14.7. The zero-order valence-corrected chi connectivity index (χ0v) is 12.3. The third kappa shape index (κ3) is 3.64. The molecular weight excluding hydrogens is 251 g/mol. The average molecular weight is 272 g/mol. The summed E-state index contributed by atoms with van der Waals surface area (Å²) >= 11 is 0. The van der Waals surface area contributed by atoms with Gasteiger partial charge >= 0.3 is 0 Å². The molecule has 1 aromatic carbocycles. The monoisotopic (exact) mass is 272 g/mol. The molecule has 0 spiro atoms. The molecule has 0 saturated heterocycles. The van der Waals surface area contributed by atoms with E-state index >= 15 is 0 Å². The fraction of sp³-hybridized carbons (Fsp3) is 0.353. The Hall–Kier alpha value is -1.74. The summed E-state index contributed by atoms with van der Waals surface area (Å²) in [6.07, 6.45) is 0.744. The molecule has 1 aromatic heterocycles. The Morgan fingerprint density at radius 3 is 2.70 bits per heavy atom. The van der Waals surface area contributed by atoms with Crippen LogP contribution >= 0.6 is 0 Å². The van der Waals surface area contributed by atoms with E-state index in [2.05, 4.69) is 17.2 Å². The summed E-state index contributed by atoms with van der Waals surface area (Å²) in [4.78, 5) is 4.58. The van der Waals surface area contributed by atoms with Crippen LogP contribution < -0.4 is 5.32 Å². The highest BCUT2D eigenvalue weighted by Gasteiger charge is 2.14. The van der Waals surface area contributed by atoms with Crippen LogP contribution in [-0.2, 0) is 6.42 Å². The van der Waals surface area contributed by atoms with Crippen LogP contribution in [0.25, 0.3) is 0 Å². The summed E-state index contributed by atoms with van der Waals surface area (Å²) < 4.78 is 13.4.